The van der Waals surface area contributed by atoms with Crippen molar-refractivity contribution in [1.82, 2.24) is 15.0 Å². The van der Waals surface area contributed by atoms with Crippen molar-refractivity contribution in [3.8, 4) is 11.4 Å². The monoisotopic (exact) mass is 237 g/mol. The number of hydrogen-bond donors (Lipinski definition) is 1. The first kappa shape index (κ1) is 10.7. The number of aryl methyl sites for hydroxylation is 1. The predicted molar refractivity (Wildman–Crippen MR) is 70.3 cm³/mol. The molecule has 0 fully saturated rings. The Balaban J connectivity index is 2.25. The van der Waals surface area contributed by atoms with E-state index in [-0.39, 0.29) is 5.56 Å². The third-order valence-electron chi connectivity index (χ3n) is 2.86. The lowest BCUT2D eigenvalue weighted by Crippen LogP contribution is -2.04. The molecule has 0 bridgehead atoms. The van der Waals surface area contributed by atoms with Crippen LogP contribution in [0.3, 0.4) is 0 Å². The van der Waals surface area contributed by atoms with Crippen LogP contribution in [0.1, 0.15) is 5.56 Å². The van der Waals surface area contributed by atoms with Gasteiger partial charge in [-0.05, 0) is 18.6 Å². The molecule has 4 heteroatoms. The number of nitrogens with zero attached hydrogens (tertiary/aromatic N) is 2. The van der Waals surface area contributed by atoms with E-state index in [0.717, 1.165) is 16.5 Å². The number of aromatic amines is 1. The number of hydrogen-bond acceptors (Lipinski definition) is 3. The maximum absolute atomic E-state index is 11.3. The highest BCUT2D eigenvalue weighted by atomic mass is 16.1. The van der Waals surface area contributed by atoms with E-state index in [9.17, 15) is 4.79 Å². The molecule has 3 aromatic rings. The highest BCUT2D eigenvalue weighted by Crippen LogP contribution is 2.20. The zero-order chi connectivity index (χ0) is 12.5. The van der Waals surface area contributed by atoms with Crippen molar-refractivity contribution in [2.75, 3.05) is 0 Å². The molecule has 0 spiro atoms. The second-order valence-electron chi connectivity index (χ2n) is 4.14. The predicted octanol–water partition coefficient (Wildman–Crippen LogP) is 2.29. The minimum absolute atomic E-state index is 0.156. The third-order valence-corrected chi connectivity index (χ3v) is 2.86. The van der Waals surface area contributed by atoms with Gasteiger partial charge in [-0.25, -0.2) is 9.97 Å². The third kappa shape index (κ3) is 1.78. The van der Waals surface area contributed by atoms with E-state index in [1.807, 2.05) is 31.2 Å². The van der Waals surface area contributed by atoms with Gasteiger partial charge < -0.3 is 4.98 Å². The Kier molecular flexibility index (Phi) is 2.41. The lowest BCUT2D eigenvalue weighted by atomic mass is 10.1. The highest BCUT2D eigenvalue weighted by Gasteiger charge is 2.05. The quantitative estimate of drug-likeness (QED) is 0.706. The Bertz CT molecular complexity index is 777. The molecule has 0 saturated carbocycles. The summed E-state index contributed by atoms with van der Waals surface area (Å²) in [4.78, 5) is 22.7. The molecular weight excluding hydrogens is 226 g/mol. The molecule has 0 aliphatic carbocycles. The Morgan fingerprint density at radius 3 is 2.78 bits per heavy atom. The summed E-state index contributed by atoms with van der Waals surface area (Å²) in [5.74, 6) is 0.627. The lowest BCUT2D eigenvalue weighted by Gasteiger charge is -2.04. The van der Waals surface area contributed by atoms with Gasteiger partial charge in [0.1, 0.15) is 5.65 Å². The van der Waals surface area contributed by atoms with Gasteiger partial charge in [0.05, 0.1) is 0 Å². The number of aromatic nitrogens is 3. The van der Waals surface area contributed by atoms with Crippen LogP contribution in [0.4, 0.5) is 0 Å². The van der Waals surface area contributed by atoms with Crippen molar-refractivity contribution in [3.63, 3.8) is 0 Å². The van der Waals surface area contributed by atoms with Gasteiger partial charge in [0, 0.05) is 23.2 Å². The van der Waals surface area contributed by atoms with Crippen LogP contribution in [0.5, 0.6) is 0 Å². The molecule has 0 aliphatic rings. The fourth-order valence-electron chi connectivity index (χ4n) is 1.89. The van der Waals surface area contributed by atoms with Crippen molar-refractivity contribution in [3.05, 3.63) is 58.5 Å². The van der Waals surface area contributed by atoms with E-state index in [2.05, 4.69) is 15.0 Å². The van der Waals surface area contributed by atoms with Gasteiger partial charge in [0.2, 0.25) is 5.56 Å². The summed E-state index contributed by atoms with van der Waals surface area (Å²) >= 11 is 0. The second-order valence-corrected chi connectivity index (χ2v) is 4.14. The van der Waals surface area contributed by atoms with Crippen LogP contribution in [0.25, 0.3) is 22.4 Å². The number of H-pyrrole nitrogens is 1. The maximum atomic E-state index is 11.3. The molecule has 2 heterocycles. The summed E-state index contributed by atoms with van der Waals surface area (Å²) in [5, 5.41) is 0.826. The largest absolute Gasteiger partial charge is 0.306 e. The maximum Gasteiger partial charge on any atom is 0.249 e. The van der Waals surface area contributed by atoms with Gasteiger partial charge >= 0.3 is 0 Å². The standard InChI is InChI=1S/C14H11N3O/c1-9-4-2-3-5-11(9)14-15-8-10-6-7-12(18)16-13(10)17-14/h2-8H,1H3,(H,15,16,17,18). The lowest BCUT2D eigenvalue weighted by molar-refractivity contribution is 1.16. The number of rotatable bonds is 1. The molecule has 0 radical (unpaired) electrons. The Morgan fingerprint density at radius 2 is 1.94 bits per heavy atom. The zero-order valence-electron chi connectivity index (χ0n) is 9.84. The van der Waals surface area contributed by atoms with Gasteiger partial charge in [-0.3, -0.25) is 4.79 Å². The summed E-state index contributed by atoms with van der Waals surface area (Å²) in [6, 6.07) is 11.1. The van der Waals surface area contributed by atoms with Crippen LogP contribution in [0.15, 0.2) is 47.4 Å². The van der Waals surface area contributed by atoms with E-state index >= 15 is 0 Å². The number of fused-ring (bicyclic) bond motifs is 1. The molecule has 88 valence electrons. The van der Waals surface area contributed by atoms with Crippen LogP contribution in [-0.2, 0) is 0 Å². The number of pyridine rings is 1. The van der Waals surface area contributed by atoms with E-state index < -0.39 is 0 Å². The number of benzene rings is 1. The van der Waals surface area contributed by atoms with E-state index in [4.69, 9.17) is 0 Å². The average Bonchev–Trinajstić information content (AvgIpc) is 2.38. The van der Waals surface area contributed by atoms with E-state index in [0.29, 0.717) is 11.5 Å². The molecule has 0 saturated heterocycles. The second kappa shape index (κ2) is 4.07. The fraction of sp³-hybridized carbons (Fsp3) is 0.0714. The Hall–Kier alpha value is -2.49. The first-order valence-electron chi connectivity index (χ1n) is 5.66. The first-order valence-corrected chi connectivity index (χ1v) is 5.66. The summed E-state index contributed by atoms with van der Waals surface area (Å²) in [7, 11) is 0. The van der Waals surface area contributed by atoms with Crippen molar-refractivity contribution >= 4 is 11.0 Å². The normalized spacial score (nSPS) is 10.7. The first-order chi connectivity index (χ1) is 8.74. The molecule has 18 heavy (non-hydrogen) atoms. The average molecular weight is 237 g/mol. The van der Waals surface area contributed by atoms with Crippen molar-refractivity contribution < 1.29 is 0 Å². The van der Waals surface area contributed by atoms with Gasteiger partial charge in [0.15, 0.2) is 5.82 Å². The van der Waals surface area contributed by atoms with E-state index in [1.165, 1.54) is 6.07 Å². The summed E-state index contributed by atoms with van der Waals surface area (Å²) in [6.45, 7) is 2.01. The van der Waals surface area contributed by atoms with Crippen molar-refractivity contribution in [2.45, 2.75) is 6.92 Å². The van der Waals surface area contributed by atoms with Crippen molar-refractivity contribution in [1.29, 1.82) is 0 Å². The SMILES string of the molecule is Cc1ccccc1-c1ncc2ccc(=O)[nH]c2n1. The van der Waals surface area contributed by atoms with Crippen molar-refractivity contribution in [2.24, 2.45) is 0 Å². The Morgan fingerprint density at radius 1 is 1.11 bits per heavy atom. The summed E-state index contributed by atoms with van der Waals surface area (Å²) < 4.78 is 0. The topological polar surface area (TPSA) is 58.6 Å². The molecule has 0 aliphatic heterocycles. The van der Waals surface area contributed by atoms with Crippen LogP contribution in [0.2, 0.25) is 0 Å². The van der Waals surface area contributed by atoms with Crippen LogP contribution >= 0.6 is 0 Å². The van der Waals surface area contributed by atoms with Gasteiger partial charge in [0.25, 0.3) is 0 Å². The summed E-state index contributed by atoms with van der Waals surface area (Å²) in [5.41, 5.74) is 2.49. The molecule has 1 aromatic carbocycles. The van der Waals surface area contributed by atoms with Crippen LogP contribution < -0.4 is 5.56 Å². The molecule has 0 amide bonds. The molecule has 0 unspecified atom stereocenters. The Labute approximate surface area is 103 Å². The van der Waals surface area contributed by atoms with Gasteiger partial charge in [-0.1, -0.05) is 24.3 Å². The molecule has 4 nitrogen and oxygen atoms in total. The molecule has 3 rings (SSSR count). The fourth-order valence-corrected chi connectivity index (χ4v) is 1.89. The highest BCUT2D eigenvalue weighted by molar-refractivity contribution is 5.75. The van der Waals surface area contributed by atoms with Crippen LogP contribution in [0, 0.1) is 6.92 Å². The number of nitrogens with one attached hydrogen (secondary N) is 1. The van der Waals surface area contributed by atoms with E-state index in [1.54, 1.807) is 12.3 Å². The molecule has 0 atom stereocenters. The molecule has 1 N–H and O–H groups in total. The molecule has 2 aromatic heterocycles. The smallest absolute Gasteiger partial charge is 0.249 e. The van der Waals surface area contributed by atoms with Crippen LogP contribution in [-0.4, -0.2) is 15.0 Å². The minimum Gasteiger partial charge on any atom is -0.306 e. The minimum atomic E-state index is -0.156. The summed E-state index contributed by atoms with van der Waals surface area (Å²) in [6.07, 6.45) is 1.72. The van der Waals surface area contributed by atoms with Gasteiger partial charge in [-0.2, -0.15) is 0 Å². The van der Waals surface area contributed by atoms with Gasteiger partial charge in [-0.15, -0.1) is 0 Å². The molecular formula is C14H11N3O. The zero-order valence-corrected chi connectivity index (χ0v) is 9.84.